The minimum Gasteiger partial charge on any atom is -0.298 e. The van der Waals surface area contributed by atoms with Crippen LogP contribution in [-0.2, 0) is 6.18 Å². The zero-order valence-electron chi connectivity index (χ0n) is 8.15. The van der Waals surface area contributed by atoms with E-state index in [-0.39, 0.29) is 26.3 Å². The molecular weight excluding hydrogens is 416 g/mol. The predicted octanol–water partition coefficient (Wildman–Crippen LogP) is 3.70. The van der Waals surface area contributed by atoms with Gasteiger partial charge in [-0.15, -0.1) is 0 Å². The minimum atomic E-state index is -4.53. The Morgan fingerprint density at radius 3 is 2.41 bits per heavy atom. The number of aldehydes is 1. The first-order chi connectivity index (χ1) is 7.81. The summed E-state index contributed by atoms with van der Waals surface area (Å²) in [6.07, 6.45) is -4.28. The number of carbonyl (C=O) groups is 2. The van der Waals surface area contributed by atoms with Crippen molar-refractivity contribution >= 4 is 50.6 Å². The molecule has 1 aromatic rings. The summed E-state index contributed by atoms with van der Waals surface area (Å²) in [5.74, 6) is -0.426. The summed E-state index contributed by atoms with van der Waals surface area (Å²) in [7, 11) is 0. The number of alkyl halides is 4. The van der Waals surface area contributed by atoms with Crippen LogP contribution in [0.25, 0.3) is 0 Å². The van der Waals surface area contributed by atoms with Crippen LogP contribution in [0.4, 0.5) is 13.2 Å². The number of halogens is 5. The first-order valence-corrected chi connectivity index (χ1v) is 6.46. The molecular formula is C10H5BrF3IO2. The summed E-state index contributed by atoms with van der Waals surface area (Å²) in [5.41, 5.74) is -1.16. The van der Waals surface area contributed by atoms with Gasteiger partial charge in [-0.1, -0.05) is 15.9 Å². The molecule has 0 aromatic heterocycles. The lowest BCUT2D eigenvalue weighted by Gasteiger charge is -2.11. The number of hydrogen-bond donors (Lipinski definition) is 0. The Kier molecular flexibility index (Phi) is 4.70. The number of benzene rings is 1. The molecule has 0 aliphatic heterocycles. The van der Waals surface area contributed by atoms with Crippen molar-refractivity contribution in [3.05, 3.63) is 32.4 Å². The van der Waals surface area contributed by atoms with E-state index in [9.17, 15) is 22.8 Å². The molecule has 0 aliphatic carbocycles. The van der Waals surface area contributed by atoms with Gasteiger partial charge in [0.05, 0.1) is 10.9 Å². The van der Waals surface area contributed by atoms with Crippen LogP contribution >= 0.6 is 38.5 Å². The van der Waals surface area contributed by atoms with E-state index >= 15 is 0 Å². The highest BCUT2D eigenvalue weighted by Gasteiger charge is 2.32. The van der Waals surface area contributed by atoms with Crippen molar-refractivity contribution < 1.29 is 22.8 Å². The van der Waals surface area contributed by atoms with Crippen LogP contribution < -0.4 is 0 Å². The van der Waals surface area contributed by atoms with E-state index in [0.717, 1.165) is 6.07 Å². The van der Waals surface area contributed by atoms with E-state index in [1.807, 2.05) is 0 Å². The van der Waals surface area contributed by atoms with Crippen LogP contribution in [0.5, 0.6) is 0 Å². The Balaban J connectivity index is 3.46. The van der Waals surface area contributed by atoms with Gasteiger partial charge in [-0.3, -0.25) is 9.59 Å². The van der Waals surface area contributed by atoms with E-state index in [1.54, 1.807) is 22.6 Å². The van der Waals surface area contributed by atoms with E-state index in [4.69, 9.17) is 0 Å². The lowest BCUT2D eigenvalue weighted by molar-refractivity contribution is -0.137. The second-order valence-electron chi connectivity index (χ2n) is 3.09. The van der Waals surface area contributed by atoms with Gasteiger partial charge in [0, 0.05) is 14.7 Å². The largest absolute Gasteiger partial charge is 0.416 e. The number of Topliss-reactive ketones (excluding diaryl/α,β-unsaturated/α-hetero) is 1. The van der Waals surface area contributed by atoms with E-state index in [1.165, 1.54) is 0 Å². The molecule has 0 heterocycles. The summed E-state index contributed by atoms with van der Waals surface area (Å²) in [6.45, 7) is 0. The topological polar surface area (TPSA) is 34.1 Å². The Bertz CT molecular complexity index is 471. The van der Waals surface area contributed by atoms with Crippen molar-refractivity contribution in [3.8, 4) is 0 Å². The van der Waals surface area contributed by atoms with Crippen LogP contribution in [0.3, 0.4) is 0 Å². The van der Waals surface area contributed by atoms with Crippen LogP contribution in [-0.4, -0.2) is 17.4 Å². The summed E-state index contributed by atoms with van der Waals surface area (Å²) in [6, 6.07) is 1.54. The normalized spacial score (nSPS) is 11.4. The Morgan fingerprint density at radius 1 is 1.41 bits per heavy atom. The maximum absolute atomic E-state index is 12.5. The molecule has 0 saturated carbocycles. The van der Waals surface area contributed by atoms with Crippen LogP contribution in [0.15, 0.2) is 12.1 Å². The first kappa shape index (κ1) is 14.6. The van der Waals surface area contributed by atoms with Crippen LogP contribution in [0.2, 0.25) is 0 Å². The summed E-state index contributed by atoms with van der Waals surface area (Å²) >= 11 is 4.53. The van der Waals surface area contributed by atoms with Crippen molar-refractivity contribution in [1.82, 2.24) is 0 Å². The SMILES string of the molecule is O=Cc1cc(C(F)(F)F)cc(I)c1C(=O)CBr. The molecule has 0 saturated heterocycles. The van der Waals surface area contributed by atoms with Gasteiger partial charge >= 0.3 is 6.18 Å². The van der Waals surface area contributed by atoms with Gasteiger partial charge in [0.25, 0.3) is 0 Å². The molecule has 0 atom stereocenters. The standard InChI is InChI=1S/C10H5BrF3IO2/c11-3-8(17)9-5(4-16)1-6(2-7(9)15)10(12,13)14/h1-2,4H,3H2. The Hall–Kier alpha value is -0.440. The van der Waals surface area contributed by atoms with Gasteiger partial charge < -0.3 is 0 Å². The van der Waals surface area contributed by atoms with Crippen molar-refractivity contribution in [2.24, 2.45) is 0 Å². The maximum Gasteiger partial charge on any atom is 0.416 e. The molecule has 0 unspecified atom stereocenters. The monoisotopic (exact) mass is 420 g/mol. The van der Waals surface area contributed by atoms with E-state index < -0.39 is 17.5 Å². The molecule has 0 aliphatic rings. The third-order valence-corrected chi connectivity index (χ3v) is 3.34. The highest BCUT2D eigenvalue weighted by Crippen LogP contribution is 2.32. The number of hydrogen-bond acceptors (Lipinski definition) is 2. The molecule has 17 heavy (non-hydrogen) atoms. The molecule has 0 spiro atoms. The number of carbonyl (C=O) groups excluding carboxylic acids is 2. The van der Waals surface area contributed by atoms with Gasteiger partial charge in [0.15, 0.2) is 12.1 Å². The molecule has 0 bridgehead atoms. The van der Waals surface area contributed by atoms with Crippen molar-refractivity contribution in [3.63, 3.8) is 0 Å². The average molecular weight is 421 g/mol. The van der Waals surface area contributed by atoms with Crippen molar-refractivity contribution in [1.29, 1.82) is 0 Å². The second kappa shape index (κ2) is 5.47. The zero-order valence-corrected chi connectivity index (χ0v) is 11.9. The van der Waals surface area contributed by atoms with Gasteiger partial charge in [-0.25, -0.2) is 0 Å². The fourth-order valence-electron chi connectivity index (χ4n) is 1.25. The van der Waals surface area contributed by atoms with E-state index in [2.05, 4.69) is 15.9 Å². The van der Waals surface area contributed by atoms with Gasteiger partial charge in [-0.05, 0) is 34.7 Å². The third kappa shape index (κ3) is 3.27. The summed E-state index contributed by atoms with van der Waals surface area (Å²) in [4.78, 5) is 22.2. The summed E-state index contributed by atoms with van der Waals surface area (Å²) < 4.78 is 37.6. The lowest BCUT2D eigenvalue weighted by Crippen LogP contribution is -2.12. The number of ketones is 1. The third-order valence-electron chi connectivity index (χ3n) is 1.98. The highest BCUT2D eigenvalue weighted by atomic mass is 127. The minimum absolute atomic E-state index is 0.0190. The van der Waals surface area contributed by atoms with Crippen molar-refractivity contribution in [2.45, 2.75) is 6.18 Å². The molecule has 0 amide bonds. The average Bonchev–Trinajstić information content (AvgIpc) is 2.25. The highest BCUT2D eigenvalue weighted by molar-refractivity contribution is 14.1. The predicted molar refractivity (Wildman–Crippen MR) is 67.7 cm³/mol. The maximum atomic E-state index is 12.5. The quantitative estimate of drug-likeness (QED) is 0.323. The fraction of sp³-hybridized carbons (Fsp3) is 0.200. The smallest absolute Gasteiger partial charge is 0.298 e. The van der Waals surface area contributed by atoms with Gasteiger partial charge in [-0.2, -0.15) is 13.2 Å². The lowest BCUT2D eigenvalue weighted by atomic mass is 10.0. The van der Waals surface area contributed by atoms with Gasteiger partial charge in [0.2, 0.25) is 0 Å². The molecule has 0 N–H and O–H groups in total. The second-order valence-corrected chi connectivity index (χ2v) is 4.82. The molecule has 0 fully saturated rings. The van der Waals surface area contributed by atoms with Gasteiger partial charge in [0.1, 0.15) is 0 Å². The molecule has 2 nitrogen and oxygen atoms in total. The van der Waals surface area contributed by atoms with Crippen LogP contribution in [0.1, 0.15) is 26.3 Å². The zero-order chi connectivity index (χ0) is 13.2. The summed E-state index contributed by atoms with van der Waals surface area (Å²) in [5, 5.41) is -0.0464. The van der Waals surface area contributed by atoms with Crippen molar-refractivity contribution in [2.75, 3.05) is 5.33 Å². The Labute approximate surface area is 117 Å². The number of rotatable bonds is 3. The first-order valence-electron chi connectivity index (χ1n) is 4.26. The van der Waals surface area contributed by atoms with E-state index in [0.29, 0.717) is 6.07 Å². The molecule has 7 heteroatoms. The fourth-order valence-corrected chi connectivity index (χ4v) is 2.47. The Morgan fingerprint density at radius 2 is 2.00 bits per heavy atom. The molecule has 0 radical (unpaired) electrons. The molecule has 1 rings (SSSR count). The molecule has 1 aromatic carbocycles. The van der Waals surface area contributed by atoms with Crippen LogP contribution in [0, 0.1) is 3.57 Å². The molecule has 92 valence electrons.